The highest BCUT2D eigenvalue weighted by molar-refractivity contribution is 5.71. The molecular formula is C17H21NO3. The largest absolute Gasteiger partial charge is 0.377 e. The van der Waals surface area contributed by atoms with Crippen molar-refractivity contribution in [2.45, 2.75) is 38.7 Å². The molecule has 0 spiro atoms. The van der Waals surface area contributed by atoms with E-state index in [9.17, 15) is 4.79 Å². The maximum Gasteiger partial charge on any atom is 0.171 e. The molecule has 21 heavy (non-hydrogen) atoms. The smallest absolute Gasteiger partial charge is 0.171 e. The molecule has 1 aromatic heterocycles. The van der Waals surface area contributed by atoms with E-state index in [1.54, 1.807) is 6.07 Å². The van der Waals surface area contributed by atoms with Crippen LogP contribution in [0.1, 0.15) is 47.5 Å². The molecule has 0 radical (unpaired) electrons. The quantitative estimate of drug-likeness (QED) is 0.492. The third-order valence-corrected chi connectivity index (χ3v) is 3.27. The summed E-state index contributed by atoms with van der Waals surface area (Å²) >= 11 is 0. The first-order chi connectivity index (χ1) is 10.4. The lowest BCUT2D eigenvalue weighted by atomic mass is 10.1. The third kappa shape index (κ3) is 5.92. The van der Waals surface area contributed by atoms with Gasteiger partial charge in [-0.3, -0.25) is 4.79 Å². The first-order valence-corrected chi connectivity index (χ1v) is 7.41. The molecule has 112 valence electrons. The van der Waals surface area contributed by atoms with Gasteiger partial charge in [-0.1, -0.05) is 48.3 Å². The second-order valence-corrected chi connectivity index (χ2v) is 5.04. The molecule has 0 N–H and O–H groups in total. The Kier molecular flexibility index (Phi) is 6.68. The number of ether oxygens (including phenoxy) is 1. The molecule has 0 saturated carbocycles. The zero-order valence-corrected chi connectivity index (χ0v) is 12.2. The highest BCUT2D eigenvalue weighted by atomic mass is 16.5. The van der Waals surface area contributed by atoms with Crippen molar-refractivity contribution in [3.05, 3.63) is 53.4 Å². The Morgan fingerprint density at radius 2 is 1.90 bits per heavy atom. The van der Waals surface area contributed by atoms with E-state index in [1.165, 1.54) is 5.56 Å². The molecule has 0 fully saturated rings. The average molecular weight is 287 g/mol. The number of carbonyl (C=O) groups is 1. The minimum Gasteiger partial charge on any atom is -0.377 e. The number of benzene rings is 1. The van der Waals surface area contributed by atoms with Crippen molar-refractivity contribution in [2.75, 3.05) is 6.61 Å². The summed E-state index contributed by atoms with van der Waals surface area (Å²) in [5.41, 5.74) is 1.59. The van der Waals surface area contributed by atoms with Crippen molar-refractivity contribution in [1.29, 1.82) is 0 Å². The normalized spacial score (nSPS) is 10.7. The van der Waals surface area contributed by atoms with Gasteiger partial charge in [0.2, 0.25) is 0 Å². The molecule has 0 saturated heterocycles. The van der Waals surface area contributed by atoms with Gasteiger partial charge in [0.15, 0.2) is 6.29 Å². The number of carbonyl (C=O) groups excluding carboxylic acids is 1. The fourth-order valence-corrected chi connectivity index (χ4v) is 2.12. The second kappa shape index (κ2) is 9.08. The predicted octanol–water partition coefficient (Wildman–Crippen LogP) is 3.81. The van der Waals surface area contributed by atoms with Gasteiger partial charge in [0.1, 0.15) is 11.5 Å². The number of unbranched alkanes of at least 4 members (excludes halogenated alkanes) is 3. The first-order valence-electron chi connectivity index (χ1n) is 7.41. The molecule has 0 bridgehead atoms. The molecule has 0 aliphatic carbocycles. The molecule has 0 aliphatic rings. The van der Waals surface area contributed by atoms with Crippen LogP contribution >= 0.6 is 0 Å². The maximum atomic E-state index is 10.5. The Balaban J connectivity index is 1.46. The molecule has 4 heteroatoms. The first kappa shape index (κ1) is 15.4. The van der Waals surface area contributed by atoms with Gasteiger partial charge in [-0.2, -0.15) is 0 Å². The predicted molar refractivity (Wildman–Crippen MR) is 80.2 cm³/mol. The van der Waals surface area contributed by atoms with E-state index in [1.807, 2.05) is 18.2 Å². The molecule has 2 aromatic rings. The van der Waals surface area contributed by atoms with Crippen molar-refractivity contribution < 1.29 is 14.1 Å². The lowest BCUT2D eigenvalue weighted by Crippen LogP contribution is -1.95. The van der Waals surface area contributed by atoms with Gasteiger partial charge in [-0.25, -0.2) is 0 Å². The summed E-state index contributed by atoms with van der Waals surface area (Å²) < 4.78 is 10.7. The Morgan fingerprint density at radius 1 is 1.10 bits per heavy atom. The Labute approximate surface area is 125 Å². The van der Waals surface area contributed by atoms with Crippen LogP contribution in [0.25, 0.3) is 0 Å². The topological polar surface area (TPSA) is 52.3 Å². The van der Waals surface area contributed by atoms with Crippen molar-refractivity contribution >= 4 is 6.29 Å². The van der Waals surface area contributed by atoms with Crippen molar-refractivity contribution in [2.24, 2.45) is 0 Å². The van der Waals surface area contributed by atoms with E-state index >= 15 is 0 Å². The molecule has 1 heterocycles. The third-order valence-electron chi connectivity index (χ3n) is 3.27. The number of hydrogen-bond donors (Lipinski definition) is 0. The van der Waals surface area contributed by atoms with Crippen molar-refractivity contribution in [1.82, 2.24) is 5.16 Å². The zero-order valence-electron chi connectivity index (χ0n) is 12.2. The number of nitrogens with zero attached hydrogens (tertiary/aromatic N) is 1. The van der Waals surface area contributed by atoms with Gasteiger partial charge in [0, 0.05) is 19.1 Å². The molecule has 0 unspecified atom stereocenters. The summed E-state index contributed by atoms with van der Waals surface area (Å²) in [6, 6.07) is 11.9. The standard InChI is InChI=1S/C17H21NO3/c19-13-16-12-17(21-18-16)10-6-1-2-7-11-20-14-15-8-4-3-5-9-15/h3-5,8-9,12-13H,1-2,6-7,10-11,14H2. The zero-order chi connectivity index (χ0) is 14.8. The number of aromatic nitrogens is 1. The van der Waals surface area contributed by atoms with Crippen molar-refractivity contribution in [3.8, 4) is 0 Å². The van der Waals surface area contributed by atoms with E-state index in [-0.39, 0.29) is 0 Å². The summed E-state index contributed by atoms with van der Waals surface area (Å²) in [6.45, 7) is 1.49. The highest BCUT2D eigenvalue weighted by Gasteiger charge is 2.02. The van der Waals surface area contributed by atoms with Gasteiger partial charge < -0.3 is 9.26 Å². The van der Waals surface area contributed by atoms with Crippen LogP contribution in [0.2, 0.25) is 0 Å². The summed E-state index contributed by atoms with van der Waals surface area (Å²) in [4.78, 5) is 10.5. The lowest BCUT2D eigenvalue weighted by Gasteiger charge is -2.04. The van der Waals surface area contributed by atoms with Crippen LogP contribution in [0, 0.1) is 0 Å². The molecule has 2 rings (SSSR count). The van der Waals surface area contributed by atoms with Crippen LogP contribution in [0.4, 0.5) is 0 Å². The molecule has 0 amide bonds. The van der Waals surface area contributed by atoms with Gasteiger partial charge in [-0.15, -0.1) is 0 Å². The second-order valence-electron chi connectivity index (χ2n) is 5.04. The molecule has 0 aliphatic heterocycles. The summed E-state index contributed by atoms with van der Waals surface area (Å²) in [6.07, 6.45) is 5.94. The van der Waals surface area contributed by atoms with Gasteiger partial charge in [-0.05, 0) is 18.4 Å². The summed E-state index contributed by atoms with van der Waals surface area (Å²) in [5.74, 6) is 0.789. The molecular weight excluding hydrogens is 266 g/mol. The van der Waals surface area contributed by atoms with Crippen LogP contribution in [-0.2, 0) is 17.8 Å². The summed E-state index contributed by atoms with van der Waals surface area (Å²) in [5, 5.41) is 3.64. The minimum absolute atomic E-state index is 0.374. The fourth-order valence-electron chi connectivity index (χ4n) is 2.12. The van der Waals surface area contributed by atoms with E-state index in [2.05, 4.69) is 17.3 Å². The Hall–Kier alpha value is -1.94. The Morgan fingerprint density at radius 3 is 2.67 bits per heavy atom. The van der Waals surface area contributed by atoms with E-state index < -0.39 is 0 Å². The maximum absolute atomic E-state index is 10.5. The van der Waals surface area contributed by atoms with Crippen LogP contribution in [0.5, 0.6) is 0 Å². The van der Waals surface area contributed by atoms with Crippen LogP contribution < -0.4 is 0 Å². The SMILES string of the molecule is O=Cc1cc(CCCCCCOCc2ccccc2)on1. The van der Waals surface area contributed by atoms with Gasteiger partial charge in [0.05, 0.1) is 6.61 Å². The number of hydrogen-bond acceptors (Lipinski definition) is 4. The van der Waals surface area contributed by atoms with E-state index in [4.69, 9.17) is 9.26 Å². The molecule has 1 aromatic carbocycles. The fraction of sp³-hybridized carbons (Fsp3) is 0.412. The lowest BCUT2D eigenvalue weighted by molar-refractivity contribution is 0.111. The van der Waals surface area contributed by atoms with Crippen molar-refractivity contribution in [3.63, 3.8) is 0 Å². The highest BCUT2D eigenvalue weighted by Crippen LogP contribution is 2.09. The number of aldehydes is 1. The molecule has 0 atom stereocenters. The van der Waals surface area contributed by atoms with E-state index in [0.29, 0.717) is 18.6 Å². The minimum atomic E-state index is 0.374. The van der Waals surface area contributed by atoms with Gasteiger partial charge in [0.25, 0.3) is 0 Å². The average Bonchev–Trinajstić information content (AvgIpc) is 2.99. The van der Waals surface area contributed by atoms with Crippen LogP contribution in [-0.4, -0.2) is 18.0 Å². The van der Waals surface area contributed by atoms with Crippen LogP contribution in [0.3, 0.4) is 0 Å². The van der Waals surface area contributed by atoms with Crippen LogP contribution in [0.15, 0.2) is 40.9 Å². The number of rotatable bonds is 10. The Bertz CT molecular complexity index is 522. The monoisotopic (exact) mass is 287 g/mol. The van der Waals surface area contributed by atoms with Gasteiger partial charge >= 0.3 is 0 Å². The molecule has 4 nitrogen and oxygen atoms in total. The summed E-state index contributed by atoms with van der Waals surface area (Å²) in [7, 11) is 0. The van der Waals surface area contributed by atoms with E-state index in [0.717, 1.165) is 44.5 Å². The number of aryl methyl sites for hydroxylation is 1.